The molecule has 0 unspecified atom stereocenters. The molecule has 2 heterocycles. The van der Waals surface area contributed by atoms with Gasteiger partial charge in [-0.2, -0.15) is 0 Å². The van der Waals surface area contributed by atoms with Crippen molar-refractivity contribution < 1.29 is 14.3 Å². The molecule has 1 N–H and O–H groups in total. The highest BCUT2D eigenvalue weighted by atomic mass is 32.1. The summed E-state index contributed by atoms with van der Waals surface area (Å²) < 4.78 is 5.54. The third-order valence-corrected chi connectivity index (χ3v) is 7.10. The first kappa shape index (κ1) is 23.0. The van der Waals surface area contributed by atoms with Crippen LogP contribution in [0.15, 0.2) is 53.9 Å². The first-order chi connectivity index (χ1) is 16.9. The maximum atomic E-state index is 13.3. The number of allylic oxidation sites excluding steroid dienone is 1. The third kappa shape index (κ3) is 4.62. The molecule has 4 aromatic rings. The number of amides is 1. The Labute approximate surface area is 208 Å². The lowest BCUT2D eigenvalue weighted by atomic mass is 10.0. The number of carbonyl (C=O) groups is 2. The van der Waals surface area contributed by atoms with Gasteiger partial charge in [-0.1, -0.05) is 42.0 Å². The number of hydrogen-bond donors (Lipinski definition) is 1. The van der Waals surface area contributed by atoms with Crippen LogP contribution in [0.25, 0.3) is 22.6 Å². The van der Waals surface area contributed by atoms with Crippen LogP contribution >= 0.6 is 11.3 Å². The van der Waals surface area contributed by atoms with E-state index in [0.717, 1.165) is 61.4 Å². The Morgan fingerprint density at radius 1 is 1.06 bits per heavy atom. The van der Waals surface area contributed by atoms with Crippen LogP contribution in [0, 0.1) is 20.8 Å². The zero-order chi connectivity index (χ0) is 24.5. The Bertz CT molecular complexity index is 1460. The Balaban J connectivity index is 1.42. The molecule has 2 aromatic heterocycles. The van der Waals surface area contributed by atoms with Crippen molar-refractivity contribution in [3.8, 4) is 0 Å². The van der Waals surface area contributed by atoms with Crippen molar-refractivity contribution in [2.45, 2.75) is 33.6 Å². The molecule has 0 spiro atoms. The Kier molecular flexibility index (Phi) is 6.22. The molecule has 0 radical (unpaired) electrons. The summed E-state index contributed by atoms with van der Waals surface area (Å²) in [4.78, 5) is 32.0. The van der Waals surface area contributed by atoms with E-state index >= 15 is 0 Å². The fourth-order valence-corrected chi connectivity index (χ4v) is 5.49. The summed E-state index contributed by atoms with van der Waals surface area (Å²) >= 11 is 1.67. The van der Waals surface area contributed by atoms with Crippen LogP contribution in [0.4, 0.5) is 5.69 Å². The zero-order valence-electron chi connectivity index (χ0n) is 20.0. The number of aryl methyl sites for hydroxylation is 3. The molecule has 0 aliphatic heterocycles. The van der Waals surface area contributed by atoms with Gasteiger partial charge >= 0.3 is 5.97 Å². The number of pyridine rings is 1. The molecule has 0 fully saturated rings. The number of nitrogens with one attached hydrogen (secondary N) is 1. The second-order valence-corrected chi connectivity index (χ2v) is 9.89. The summed E-state index contributed by atoms with van der Waals surface area (Å²) in [6, 6.07) is 15.7. The van der Waals surface area contributed by atoms with Gasteiger partial charge in [-0.15, -0.1) is 11.3 Å². The monoisotopic (exact) mass is 482 g/mol. The highest BCUT2D eigenvalue weighted by Gasteiger charge is 2.28. The van der Waals surface area contributed by atoms with Gasteiger partial charge in [0, 0.05) is 16.0 Å². The van der Waals surface area contributed by atoms with E-state index in [0.29, 0.717) is 12.0 Å². The largest absolute Gasteiger partial charge is 0.452 e. The molecular formula is C29H26N2O3S. The number of benzene rings is 2. The first-order valence-corrected chi connectivity index (χ1v) is 12.5. The normalized spacial score (nSPS) is 13.7. The van der Waals surface area contributed by atoms with Crippen molar-refractivity contribution in [3.63, 3.8) is 0 Å². The smallest absolute Gasteiger partial charge is 0.339 e. The fourth-order valence-electron chi connectivity index (χ4n) is 4.81. The Morgan fingerprint density at radius 2 is 1.83 bits per heavy atom. The van der Waals surface area contributed by atoms with Crippen molar-refractivity contribution in [1.82, 2.24) is 4.98 Å². The van der Waals surface area contributed by atoms with E-state index in [1.807, 2.05) is 68.6 Å². The van der Waals surface area contributed by atoms with Gasteiger partial charge in [-0.25, -0.2) is 9.78 Å². The predicted molar refractivity (Wildman–Crippen MR) is 142 cm³/mol. The number of carbonyl (C=O) groups excluding carboxylic acids is 2. The number of para-hydroxylation sites is 1. The molecule has 0 atom stereocenters. The summed E-state index contributed by atoms with van der Waals surface area (Å²) in [7, 11) is 0. The Morgan fingerprint density at radius 3 is 2.57 bits per heavy atom. The minimum atomic E-state index is -0.496. The second kappa shape index (κ2) is 9.47. The molecule has 1 aliphatic rings. The Hall–Kier alpha value is -3.77. The van der Waals surface area contributed by atoms with Crippen molar-refractivity contribution >= 4 is 51.5 Å². The van der Waals surface area contributed by atoms with E-state index in [1.54, 1.807) is 11.3 Å². The highest BCUT2D eigenvalue weighted by molar-refractivity contribution is 7.10. The summed E-state index contributed by atoms with van der Waals surface area (Å²) in [5.74, 6) is -0.855. The number of anilines is 1. The molecule has 1 aliphatic carbocycles. The van der Waals surface area contributed by atoms with Crippen molar-refractivity contribution in [3.05, 3.63) is 92.3 Å². The maximum absolute atomic E-state index is 13.3. The summed E-state index contributed by atoms with van der Waals surface area (Å²) in [6.45, 7) is 5.57. The van der Waals surface area contributed by atoms with Crippen LogP contribution in [-0.4, -0.2) is 23.5 Å². The van der Waals surface area contributed by atoms with E-state index in [-0.39, 0.29) is 12.5 Å². The van der Waals surface area contributed by atoms with Crippen LogP contribution in [0.2, 0.25) is 0 Å². The van der Waals surface area contributed by atoms with E-state index in [2.05, 4.69) is 17.5 Å². The quantitative estimate of drug-likeness (QED) is 0.330. The second-order valence-electron chi connectivity index (χ2n) is 8.91. The van der Waals surface area contributed by atoms with Gasteiger partial charge < -0.3 is 10.1 Å². The minimum absolute atomic E-state index is 0.352. The standard InChI is InChI=1S/C29H26N2O3S/c1-17-13-18(2)27(19(3)14-17)31-25(32)16-34-29(33)26-22-8-4-5-9-24(22)30-28-20(10-11-23(26)28)15-21-7-6-12-35-21/h4-9,12-15H,10-11,16H2,1-3H3,(H,31,32). The van der Waals surface area contributed by atoms with Crippen LogP contribution in [-0.2, 0) is 16.0 Å². The number of rotatable bonds is 5. The lowest BCUT2D eigenvalue weighted by Gasteiger charge is -2.14. The molecule has 0 saturated heterocycles. The molecule has 2 aromatic carbocycles. The van der Waals surface area contributed by atoms with Crippen LogP contribution in [0.3, 0.4) is 0 Å². The molecule has 0 saturated carbocycles. The van der Waals surface area contributed by atoms with Gasteiger partial charge in [0.1, 0.15) is 0 Å². The van der Waals surface area contributed by atoms with E-state index in [1.165, 1.54) is 0 Å². The van der Waals surface area contributed by atoms with Gasteiger partial charge in [0.25, 0.3) is 5.91 Å². The third-order valence-electron chi connectivity index (χ3n) is 6.28. The molecule has 6 heteroatoms. The number of hydrogen-bond acceptors (Lipinski definition) is 5. The van der Waals surface area contributed by atoms with Crippen LogP contribution in [0.1, 0.15) is 49.6 Å². The molecular weight excluding hydrogens is 456 g/mol. The van der Waals surface area contributed by atoms with Gasteiger partial charge in [0.05, 0.1) is 16.8 Å². The number of thiophene rings is 1. The maximum Gasteiger partial charge on any atom is 0.339 e. The number of aromatic nitrogens is 1. The van der Waals surface area contributed by atoms with E-state index in [4.69, 9.17) is 9.72 Å². The summed E-state index contributed by atoms with van der Waals surface area (Å²) in [5, 5.41) is 5.69. The number of nitrogens with zero attached hydrogens (tertiary/aromatic N) is 1. The number of esters is 1. The average Bonchev–Trinajstić information content (AvgIpc) is 3.49. The summed E-state index contributed by atoms with van der Waals surface area (Å²) in [6.07, 6.45) is 3.67. The van der Waals surface area contributed by atoms with E-state index < -0.39 is 5.97 Å². The summed E-state index contributed by atoms with van der Waals surface area (Å²) in [5.41, 5.74) is 7.95. The van der Waals surface area contributed by atoms with Crippen LogP contribution in [0.5, 0.6) is 0 Å². The molecule has 1 amide bonds. The number of ether oxygens (including phenoxy) is 1. The SMILES string of the molecule is Cc1cc(C)c(NC(=O)COC(=O)c2c3c(nc4ccccc24)C(=Cc2cccs2)CC3)c(C)c1. The van der Waals surface area contributed by atoms with E-state index in [9.17, 15) is 9.59 Å². The fraction of sp³-hybridized carbons (Fsp3) is 0.207. The lowest BCUT2D eigenvalue weighted by molar-refractivity contribution is -0.119. The molecule has 35 heavy (non-hydrogen) atoms. The van der Waals surface area contributed by atoms with Gasteiger partial charge in [-0.05, 0) is 79.5 Å². The molecule has 5 rings (SSSR count). The highest BCUT2D eigenvalue weighted by Crippen LogP contribution is 2.38. The van der Waals surface area contributed by atoms with Crippen LogP contribution < -0.4 is 5.32 Å². The minimum Gasteiger partial charge on any atom is -0.452 e. The van der Waals surface area contributed by atoms with Crippen molar-refractivity contribution in [2.75, 3.05) is 11.9 Å². The molecule has 0 bridgehead atoms. The zero-order valence-corrected chi connectivity index (χ0v) is 20.8. The average molecular weight is 483 g/mol. The van der Waals surface area contributed by atoms with Crippen molar-refractivity contribution in [2.24, 2.45) is 0 Å². The van der Waals surface area contributed by atoms with Gasteiger partial charge in [0.2, 0.25) is 0 Å². The van der Waals surface area contributed by atoms with Crippen molar-refractivity contribution in [1.29, 1.82) is 0 Å². The number of fused-ring (bicyclic) bond motifs is 2. The molecule has 176 valence electrons. The van der Waals surface area contributed by atoms with Gasteiger partial charge in [-0.3, -0.25) is 4.79 Å². The molecule has 5 nitrogen and oxygen atoms in total. The van der Waals surface area contributed by atoms with Gasteiger partial charge in [0.15, 0.2) is 6.61 Å². The first-order valence-electron chi connectivity index (χ1n) is 11.6. The predicted octanol–water partition coefficient (Wildman–Crippen LogP) is 6.50. The topological polar surface area (TPSA) is 68.3 Å². The lowest BCUT2D eigenvalue weighted by Crippen LogP contribution is -2.22.